The molecule has 11 heteroatoms. The fraction of sp³-hybridized carbons (Fsp3) is 0.481. The van der Waals surface area contributed by atoms with Gasteiger partial charge in [-0.25, -0.2) is 9.78 Å². The van der Waals surface area contributed by atoms with E-state index in [9.17, 15) is 13.2 Å². The highest BCUT2D eigenvalue weighted by atomic mass is 19.4. The summed E-state index contributed by atoms with van der Waals surface area (Å²) >= 11 is 0. The summed E-state index contributed by atoms with van der Waals surface area (Å²) in [5.41, 5.74) is 2.89. The Morgan fingerprint density at radius 1 is 1.11 bits per heavy atom. The van der Waals surface area contributed by atoms with Gasteiger partial charge in [0.05, 0.1) is 36.5 Å². The van der Waals surface area contributed by atoms with Crippen LogP contribution in [0, 0.1) is 0 Å². The topological polar surface area (TPSA) is 93.2 Å². The molecular weight excluding hydrogens is 503 g/mol. The minimum Gasteiger partial charge on any atom is -0.493 e. The second-order valence-corrected chi connectivity index (χ2v) is 9.01. The van der Waals surface area contributed by atoms with E-state index < -0.39 is 12.1 Å². The molecule has 0 saturated carbocycles. The number of pyridine rings is 1. The number of fused-ring (bicyclic) bond motifs is 2. The Balaban J connectivity index is 0.000000505. The van der Waals surface area contributed by atoms with Crippen molar-refractivity contribution in [2.45, 2.75) is 38.5 Å². The number of ether oxygens (including phenoxy) is 3. The van der Waals surface area contributed by atoms with Crippen molar-refractivity contribution in [3.05, 3.63) is 36.4 Å². The van der Waals surface area contributed by atoms with Gasteiger partial charge in [0.25, 0.3) is 0 Å². The average molecular weight is 538 g/mol. The number of aromatic nitrogens is 1. The molecule has 1 aliphatic rings. The van der Waals surface area contributed by atoms with E-state index in [1.54, 1.807) is 14.2 Å². The number of para-hydroxylation sites is 1. The van der Waals surface area contributed by atoms with Crippen LogP contribution in [0.5, 0.6) is 11.5 Å². The van der Waals surface area contributed by atoms with Crippen LogP contribution in [0.3, 0.4) is 0 Å². The van der Waals surface area contributed by atoms with Gasteiger partial charge in [-0.3, -0.25) is 0 Å². The number of rotatable bonds is 10. The summed E-state index contributed by atoms with van der Waals surface area (Å²) in [5, 5.41) is 12.8. The fourth-order valence-corrected chi connectivity index (χ4v) is 4.17. The number of carbonyl (C=O) groups is 1. The smallest absolute Gasteiger partial charge is 0.490 e. The number of likely N-dealkylation sites (tertiary alicyclic amines) is 1. The van der Waals surface area contributed by atoms with Crippen LogP contribution in [0.2, 0.25) is 0 Å². The molecule has 1 aliphatic heterocycles. The van der Waals surface area contributed by atoms with Gasteiger partial charge < -0.3 is 29.5 Å². The van der Waals surface area contributed by atoms with E-state index in [0.717, 1.165) is 52.0 Å². The summed E-state index contributed by atoms with van der Waals surface area (Å²) in [6.07, 6.45) is -1.34. The molecule has 3 aromatic rings. The van der Waals surface area contributed by atoms with E-state index in [1.807, 2.05) is 37.3 Å². The Labute approximate surface area is 219 Å². The maximum absolute atomic E-state index is 10.6. The average Bonchev–Trinajstić information content (AvgIpc) is 3.42. The summed E-state index contributed by atoms with van der Waals surface area (Å²) in [5.74, 6) is -1.28. The number of nitrogens with one attached hydrogen (secondary N) is 1. The first-order valence-electron chi connectivity index (χ1n) is 12.5. The Kier molecular flexibility index (Phi) is 10.4. The highest BCUT2D eigenvalue weighted by Gasteiger charge is 2.38. The molecule has 0 radical (unpaired) electrons. The third kappa shape index (κ3) is 7.84. The van der Waals surface area contributed by atoms with E-state index in [2.05, 4.69) is 16.3 Å². The Morgan fingerprint density at radius 3 is 2.42 bits per heavy atom. The molecule has 0 spiro atoms. The van der Waals surface area contributed by atoms with Crippen molar-refractivity contribution in [2.24, 2.45) is 0 Å². The van der Waals surface area contributed by atoms with E-state index in [0.29, 0.717) is 13.2 Å². The van der Waals surface area contributed by atoms with Gasteiger partial charge in [0.15, 0.2) is 11.5 Å². The number of hydrogen-bond acceptors (Lipinski definition) is 7. The van der Waals surface area contributed by atoms with Crippen LogP contribution in [0.25, 0.3) is 21.8 Å². The molecule has 2 heterocycles. The molecule has 8 nitrogen and oxygen atoms in total. The zero-order valence-electron chi connectivity index (χ0n) is 21.8. The standard InChI is InChI=1S/C25H33N3O3.C2HF3O2/c1-18(29-2)17-26-25-19-9-4-5-10-21(19)27-22-16-24(23(30-3)15-20(22)25)31-14-8-13-28-11-6-7-12-28;3-2(4,5)1(6)7/h4-5,9-10,15-16,18H,6-8,11-14,17H2,1-3H3,(H,26,27);(H,6,7). The molecule has 2 N–H and O–H groups in total. The number of carboxylic acid groups (broad SMARTS) is 1. The van der Waals surface area contributed by atoms with Crippen molar-refractivity contribution in [1.82, 2.24) is 9.88 Å². The van der Waals surface area contributed by atoms with Crippen LogP contribution in [0.1, 0.15) is 26.2 Å². The minimum atomic E-state index is -5.08. The molecular formula is C27H34F3N3O5. The van der Waals surface area contributed by atoms with Gasteiger partial charge in [0, 0.05) is 37.0 Å². The lowest BCUT2D eigenvalue weighted by atomic mass is 10.1. The molecule has 0 aliphatic carbocycles. The number of aliphatic carboxylic acids is 1. The summed E-state index contributed by atoms with van der Waals surface area (Å²) < 4.78 is 49.0. The van der Waals surface area contributed by atoms with Gasteiger partial charge in [0.1, 0.15) is 0 Å². The highest BCUT2D eigenvalue weighted by molar-refractivity contribution is 6.08. The molecule has 1 fully saturated rings. The van der Waals surface area contributed by atoms with Gasteiger partial charge in [-0.05, 0) is 51.4 Å². The van der Waals surface area contributed by atoms with Crippen molar-refractivity contribution in [2.75, 3.05) is 52.3 Å². The lowest BCUT2D eigenvalue weighted by Crippen LogP contribution is -2.21. The maximum Gasteiger partial charge on any atom is 0.490 e. The number of carboxylic acids is 1. The summed E-state index contributed by atoms with van der Waals surface area (Å²) in [7, 11) is 3.41. The number of halogens is 3. The van der Waals surface area contributed by atoms with Gasteiger partial charge in [-0.1, -0.05) is 18.2 Å². The van der Waals surface area contributed by atoms with E-state index >= 15 is 0 Å². The number of nitrogens with zero attached hydrogens (tertiary/aromatic N) is 2. The molecule has 0 amide bonds. The molecule has 4 rings (SSSR count). The number of methoxy groups -OCH3 is 2. The number of anilines is 1. The summed E-state index contributed by atoms with van der Waals surface area (Å²) in [4.78, 5) is 16.3. The Morgan fingerprint density at radius 2 is 1.79 bits per heavy atom. The SMILES string of the molecule is COc1cc2c(NCC(C)OC)c3ccccc3nc2cc1OCCCN1CCCC1.O=C(O)C(F)(F)F. The first-order valence-corrected chi connectivity index (χ1v) is 12.5. The molecule has 2 aromatic carbocycles. The van der Waals surface area contributed by atoms with Crippen LogP contribution < -0.4 is 14.8 Å². The molecule has 1 atom stereocenters. The molecule has 208 valence electrons. The Bertz CT molecular complexity index is 1220. The van der Waals surface area contributed by atoms with Crippen molar-refractivity contribution in [1.29, 1.82) is 0 Å². The Hall–Kier alpha value is -3.31. The first kappa shape index (κ1) is 29.2. The predicted molar refractivity (Wildman–Crippen MR) is 140 cm³/mol. The van der Waals surface area contributed by atoms with E-state index in [1.165, 1.54) is 25.9 Å². The summed E-state index contributed by atoms with van der Waals surface area (Å²) in [6, 6.07) is 12.2. The monoisotopic (exact) mass is 537 g/mol. The van der Waals surface area contributed by atoms with Crippen LogP contribution in [0.4, 0.5) is 18.9 Å². The van der Waals surface area contributed by atoms with Crippen LogP contribution in [-0.2, 0) is 9.53 Å². The molecule has 1 saturated heterocycles. The number of benzene rings is 2. The van der Waals surface area contributed by atoms with Crippen molar-refractivity contribution >= 4 is 33.5 Å². The minimum absolute atomic E-state index is 0.0992. The normalized spacial score (nSPS) is 14.7. The van der Waals surface area contributed by atoms with Crippen LogP contribution in [0.15, 0.2) is 36.4 Å². The zero-order chi connectivity index (χ0) is 27.7. The van der Waals surface area contributed by atoms with Gasteiger partial charge in [-0.2, -0.15) is 13.2 Å². The fourth-order valence-electron chi connectivity index (χ4n) is 4.17. The second-order valence-electron chi connectivity index (χ2n) is 9.01. The zero-order valence-corrected chi connectivity index (χ0v) is 21.8. The third-order valence-electron chi connectivity index (χ3n) is 6.25. The maximum atomic E-state index is 10.6. The van der Waals surface area contributed by atoms with Crippen molar-refractivity contribution < 1.29 is 37.3 Å². The van der Waals surface area contributed by atoms with Gasteiger partial charge in [-0.15, -0.1) is 0 Å². The van der Waals surface area contributed by atoms with Gasteiger partial charge in [0.2, 0.25) is 0 Å². The third-order valence-corrected chi connectivity index (χ3v) is 6.25. The predicted octanol–water partition coefficient (Wildman–Crippen LogP) is 5.34. The number of alkyl halides is 3. The van der Waals surface area contributed by atoms with E-state index in [-0.39, 0.29) is 6.10 Å². The second kappa shape index (κ2) is 13.5. The van der Waals surface area contributed by atoms with Crippen molar-refractivity contribution in [3.63, 3.8) is 0 Å². The molecule has 1 unspecified atom stereocenters. The largest absolute Gasteiger partial charge is 0.493 e. The molecule has 1 aromatic heterocycles. The van der Waals surface area contributed by atoms with Crippen molar-refractivity contribution in [3.8, 4) is 11.5 Å². The molecule has 38 heavy (non-hydrogen) atoms. The molecule has 0 bridgehead atoms. The quantitative estimate of drug-likeness (QED) is 0.265. The number of hydrogen-bond donors (Lipinski definition) is 2. The van der Waals surface area contributed by atoms with E-state index in [4.69, 9.17) is 29.1 Å². The van der Waals surface area contributed by atoms with Gasteiger partial charge >= 0.3 is 12.1 Å². The lowest BCUT2D eigenvalue weighted by Gasteiger charge is -2.18. The van der Waals surface area contributed by atoms with Crippen LogP contribution >= 0.6 is 0 Å². The van der Waals surface area contributed by atoms with Crippen LogP contribution in [-0.4, -0.2) is 80.2 Å². The lowest BCUT2D eigenvalue weighted by molar-refractivity contribution is -0.192. The highest BCUT2D eigenvalue weighted by Crippen LogP contribution is 2.38. The first-order chi connectivity index (χ1) is 18.1. The summed E-state index contributed by atoms with van der Waals surface area (Å²) in [6.45, 7) is 6.94.